The molecule has 76 heavy (non-hydrogen) atoms. The highest BCUT2D eigenvalue weighted by atomic mass is 16.7. The maximum atomic E-state index is 13.3. The van der Waals surface area contributed by atoms with Crippen LogP contribution in [0.3, 0.4) is 0 Å². The van der Waals surface area contributed by atoms with Crippen molar-refractivity contribution in [3.05, 3.63) is 60.8 Å². The van der Waals surface area contributed by atoms with Crippen LogP contribution in [-0.2, 0) is 23.7 Å². The lowest BCUT2D eigenvalue weighted by Gasteiger charge is -2.46. The predicted molar refractivity (Wildman–Crippen MR) is 304 cm³/mol. The molecule has 2 aliphatic heterocycles. The van der Waals surface area contributed by atoms with Gasteiger partial charge in [0.15, 0.2) is 12.6 Å². The van der Waals surface area contributed by atoms with Crippen LogP contribution in [0.2, 0.25) is 0 Å². The molecule has 442 valence electrons. The Balaban J connectivity index is 1.79. The van der Waals surface area contributed by atoms with E-state index < -0.39 is 86.8 Å². The molecule has 2 heterocycles. The van der Waals surface area contributed by atoms with Gasteiger partial charge in [-0.25, -0.2) is 0 Å². The van der Waals surface area contributed by atoms with Gasteiger partial charge in [-0.05, 0) is 70.6 Å². The van der Waals surface area contributed by atoms with E-state index in [0.717, 1.165) is 64.2 Å². The minimum absolute atomic E-state index is 0.257. The Morgan fingerprint density at radius 2 is 0.882 bits per heavy atom. The quantitative estimate of drug-likeness (QED) is 0.0204. The molecule has 12 atom stereocenters. The second kappa shape index (κ2) is 47.5. The number of unbranched alkanes of at least 4 members (excludes halogenated alkanes) is 27. The van der Waals surface area contributed by atoms with Crippen LogP contribution in [0.25, 0.3) is 0 Å². The fourth-order valence-electron chi connectivity index (χ4n) is 9.73. The summed E-state index contributed by atoms with van der Waals surface area (Å²) in [6, 6.07) is -0.941. The van der Waals surface area contributed by atoms with Gasteiger partial charge in [0.25, 0.3) is 0 Å². The largest absolute Gasteiger partial charge is 0.394 e. The van der Waals surface area contributed by atoms with Crippen LogP contribution in [-0.4, -0.2) is 140 Å². The van der Waals surface area contributed by atoms with Crippen LogP contribution < -0.4 is 5.32 Å². The third-order valence-electron chi connectivity index (χ3n) is 14.7. The molecule has 0 aromatic rings. The molecule has 14 heteroatoms. The first-order chi connectivity index (χ1) is 37.1. The van der Waals surface area contributed by atoms with Gasteiger partial charge in [0.05, 0.1) is 32.0 Å². The van der Waals surface area contributed by atoms with Gasteiger partial charge in [0.1, 0.15) is 48.8 Å². The fourth-order valence-corrected chi connectivity index (χ4v) is 9.73. The molecule has 2 fully saturated rings. The summed E-state index contributed by atoms with van der Waals surface area (Å²) in [5.41, 5.74) is 0. The molecular weight excluding hydrogens is 967 g/mol. The first-order valence-electron chi connectivity index (χ1n) is 30.5. The molecule has 2 rings (SSSR count). The van der Waals surface area contributed by atoms with Crippen molar-refractivity contribution in [2.75, 3.05) is 19.8 Å². The Morgan fingerprint density at radius 3 is 1.38 bits per heavy atom. The molecule has 0 aromatic heterocycles. The lowest BCUT2D eigenvalue weighted by atomic mass is 9.97. The number of aliphatic hydroxyl groups excluding tert-OH is 8. The number of hydrogen-bond acceptors (Lipinski definition) is 13. The number of aliphatic hydroxyl groups is 8. The Kier molecular flexibility index (Phi) is 43.6. The monoisotopic (exact) mass is 1080 g/mol. The van der Waals surface area contributed by atoms with E-state index in [1.165, 1.54) is 135 Å². The molecule has 14 nitrogen and oxygen atoms in total. The molecule has 0 spiro atoms. The van der Waals surface area contributed by atoms with Crippen LogP contribution in [0.1, 0.15) is 232 Å². The number of nitrogens with one attached hydrogen (secondary N) is 1. The summed E-state index contributed by atoms with van der Waals surface area (Å²) < 4.78 is 22.8. The topological polar surface area (TPSA) is 228 Å². The van der Waals surface area contributed by atoms with Gasteiger partial charge >= 0.3 is 0 Å². The lowest BCUT2D eigenvalue weighted by molar-refractivity contribution is -0.359. The number of amides is 1. The fraction of sp³-hybridized carbons (Fsp3) is 0.823. The van der Waals surface area contributed by atoms with E-state index in [2.05, 4.69) is 67.8 Å². The van der Waals surface area contributed by atoms with E-state index in [0.29, 0.717) is 12.8 Å². The minimum atomic E-state index is -1.79. The number of carbonyl (C=O) groups is 1. The molecule has 12 unspecified atom stereocenters. The normalized spacial score (nSPS) is 25.3. The van der Waals surface area contributed by atoms with Crippen LogP contribution in [0.15, 0.2) is 60.8 Å². The summed E-state index contributed by atoms with van der Waals surface area (Å²) >= 11 is 0. The average molecular weight is 1080 g/mol. The highest BCUT2D eigenvalue weighted by Gasteiger charge is 2.51. The van der Waals surface area contributed by atoms with Gasteiger partial charge in [-0.15, -0.1) is 0 Å². The first-order valence-corrected chi connectivity index (χ1v) is 30.5. The van der Waals surface area contributed by atoms with Crippen molar-refractivity contribution in [2.24, 2.45) is 0 Å². The van der Waals surface area contributed by atoms with E-state index in [-0.39, 0.29) is 18.9 Å². The smallest absolute Gasteiger partial charge is 0.220 e. The molecule has 2 aliphatic rings. The van der Waals surface area contributed by atoms with Gasteiger partial charge in [-0.1, -0.05) is 216 Å². The van der Waals surface area contributed by atoms with Gasteiger partial charge in [0.2, 0.25) is 5.91 Å². The minimum Gasteiger partial charge on any atom is -0.394 e. The average Bonchev–Trinajstić information content (AvgIpc) is 3.42. The first kappa shape index (κ1) is 69.8. The van der Waals surface area contributed by atoms with Crippen molar-refractivity contribution in [3.8, 4) is 0 Å². The summed E-state index contributed by atoms with van der Waals surface area (Å²) in [5.74, 6) is -0.262. The third kappa shape index (κ3) is 32.7. The molecular formula is C62H111NO13. The Hall–Kier alpha value is -2.31. The van der Waals surface area contributed by atoms with Gasteiger partial charge in [-0.2, -0.15) is 0 Å². The maximum Gasteiger partial charge on any atom is 0.220 e. The molecule has 2 saturated heterocycles. The van der Waals surface area contributed by atoms with Crippen molar-refractivity contribution < 1.29 is 64.6 Å². The highest BCUT2D eigenvalue weighted by Crippen LogP contribution is 2.30. The van der Waals surface area contributed by atoms with E-state index in [9.17, 15) is 45.6 Å². The zero-order valence-corrected chi connectivity index (χ0v) is 47.5. The number of rotatable bonds is 48. The van der Waals surface area contributed by atoms with E-state index in [1.54, 1.807) is 6.08 Å². The summed E-state index contributed by atoms with van der Waals surface area (Å²) in [5, 5.41) is 87.1. The Morgan fingerprint density at radius 1 is 0.474 bits per heavy atom. The van der Waals surface area contributed by atoms with E-state index in [4.69, 9.17) is 18.9 Å². The van der Waals surface area contributed by atoms with Crippen LogP contribution >= 0.6 is 0 Å². The van der Waals surface area contributed by atoms with Crippen molar-refractivity contribution in [2.45, 2.75) is 306 Å². The molecule has 0 bridgehead atoms. The summed E-state index contributed by atoms with van der Waals surface area (Å²) in [7, 11) is 0. The SMILES string of the molecule is CCCCCCC/C=C\C/C=C\C/C=C\CCCCCCCCC(=O)NC(COC1OC(CO)C(OC2OC(CO)C(O)C(O)C2O)C(O)C1O)C(O)/C=C/CC/C=C/CCCCCCCCCCCCCCCCC. The molecule has 1 amide bonds. The summed E-state index contributed by atoms with van der Waals surface area (Å²) in [6.45, 7) is 2.77. The number of hydrogen-bond donors (Lipinski definition) is 9. The van der Waals surface area contributed by atoms with Crippen LogP contribution in [0, 0.1) is 0 Å². The van der Waals surface area contributed by atoms with Gasteiger partial charge < -0.3 is 65.1 Å². The second-order valence-corrected chi connectivity index (χ2v) is 21.5. The van der Waals surface area contributed by atoms with Crippen molar-refractivity contribution in [1.29, 1.82) is 0 Å². The van der Waals surface area contributed by atoms with Crippen molar-refractivity contribution >= 4 is 5.91 Å². The number of ether oxygens (including phenoxy) is 4. The third-order valence-corrected chi connectivity index (χ3v) is 14.7. The standard InChI is InChI=1S/C62H111NO13/c1-3-5-7-9-11-13-15-17-19-21-23-25-27-29-31-33-35-37-39-41-43-45-51(66)50(49-73-61-59(72)57(70)60(53(48-65)75-61)76-62-58(71)56(69)55(68)52(47-64)74-62)63-54(67)46-44-42-40-38-36-34-32-30-28-26-24-22-20-18-16-14-12-10-8-6-4-2/h16,18,22,24,28,30,35,37,43,45,50-53,55-62,64-66,68-72H,3-15,17,19-21,23,25-27,29,31-34,36,38-42,44,46-49H2,1-2H3,(H,63,67)/b18-16-,24-22-,30-28-,37-35+,45-43+. The molecule has 0 aromatic carbocycles. The molecule has 0 saturated carbocycles. The lowest BCUT2D eigenvalue weighted by Crippen LogP contribution is -2.65. The van der Waals surface area contributed by atoms with Crippen molar-refractivity contribution in [1.82, 2.24) is 5.32 Å². The van der Waals surface area contributed by atoms with Crippen molar-refractivity contribution in [3.63, 3.8) is 0 Å². The maximum absolute atomic E-state index is 13.3. The zero-order valence-electron chi connectivity index (χ0n) is 47.5. The van der Waals surface area contributed by atoms with Crippen LogP contribution in [0.5, 0.6) is 0 Å². The second-order valence-electron chi connectivity index (χ2n) is 21.5. The Bertz CT molecular complexity index is 1510. The van der Waals surface area contributed by atoms with Gasteiger partial charge in [0, 0.05) is 6.42 Å². The zero-order chi connectivity index (χ0) is 55.3. The van der Waals surface area contributed by atoms with E-state index in [1.807, 2.05) is 6.08 Å². The summed E-state index contributed by atoms with van der Waals surface area (Å²) in [4.78, 5) is 13.3. The molecule has 0 radical (unpaired) electrons. The number of carbonyl (C=O) groups excluding carboxylic acids is 1. The molecule has 9 N–H and O–H groups in total. The Labute approximate surface area is 460 Å². The van der Waals surface area contributed by atoms with Crippen LogP contribution in [0.4, 0.5) is 0 Å². The summed E-state index contributed by atoms with van der Waals surface area (Å²) in [6.07, 6.45) is 44.0. The molecule has 0 aliphatic carbocycles. The number of allylic oxidation sites excluding steroid dienone is 9. The predicted octanol–water partition coefficient (Wildman–Crippen LogP) is 10.6. The highest BCUT2D eigenvalue weighted by molar-refractivity contribution is 5.76. The van der Waals surface area contributed by atoms with E-state index >= 15 is 0 Å². The van der Waals surface area contributed by atoms with Gasteiger partial charge in [-0.3, -0.25) is 4.79 Å².